The number of rotatable bonds is 4. The van der Waals surface area contributed by atoms with Gasteiger partial charge in [0, 0.05) is 7.05 Å². The molecule has 0 aliphatic carbocycles. The highest BCUT2D eigenvalue weighted by molar-refractivity contribution is 7.89. The molecule has 2 aromatic rings. The summed E-state index contributed by atoms with van der Waals surface area (Å²) < 4.78 is 25.6. The van der Waals surface area contributed by atoms with Gasteiger partial charge in [0.1, 0.15) is 0 Å². The van der Waals surface area contributed by atoms with E-state index >= 15 is 0 Å². The van der Waals surface area contributed by atoms with Gasteiger partial charge in [0.25, 0.3) is 10.0 Å². The third kappa shape index (κ3) is 3.80. The van der Waals surface area contributed by atoms with Crippen molar-refractivity contribution in [2.75, 3.05) is 7.05 Å². The van der Waals surface area contributed by atoms with Crippen LogP contribution in [0, 0.1) is 6.92 Å². The fourth-order valence-electron chi connectivity index (χ4n) is 1.67. The molecule has 2 rings (SSSR count). The fourth-order valence-corrected chi connectivity index (χ4v) is 2.93. The summed E-state index contributed by atoms with van der Waals surface area (Å²) in [6, 6.07) is 11.5. The largest absolute Gasteiger partial charge is 0.278 e. The highest BCUT2D eigenvalue weighted by Gasteiger charge is 2.18. The van der Waals surface area contributed by atoms with Crippen LogP contribution in [0.3, 0.4) is 0 Å². The lowest BCUT2D eigenvalue weighted by Gasteiger charge is -2.13. The summed E-state index contributed by atoms with van der Waals surface area (Å²) in [5.41, 5.74) is 1.64. The topological polar surface area (TPSA) is 49.7 Å². The van der Waals surface area contributed by atoms with Gasteiger partial charge in [0.05, 0.1) is 21.2 Å². The lowest BCUT2D eigenvalue weighted by molar-refractivity contribution is 0.491. The van der Waals surface area contributed by atoms with Crippen LogP contribution in [0.1, 0.15) is 11.1 Å². The summed E-state index contributed by atoms with van der Waals surface area (Å²) in [6.07, 6.45) is 1.41. The van der Waals surface area contributed by atoms with Gasteiger partial charge in [0.15, 0.2) is 0 Å². The first-order valence-corrected chi connectivity index (χ1v) is 8.55. The minimum absolute atomic E-state index is 0.187. The van der Waals surface area contributed by atoms with Crippen molar-refractivity contribution < 1.29 is 8.42 Å². The molecule has 4 nitrogen and oxygen atoms in total. The molecule has 0 heterocycles. The maximum absolute atomic E-state index is 12.4. The van der Waals surface area contributed by atoms with Crippen LogP contribution in [0.25, 0.3) is 0 Å². The number of nitrogens with zero attached hydrogens (tertiary/aromatic N) is 2. The van der Waals surface area contributed by atoms with Crippen molar-refractivity contribution in [2.45, 2.75) is 11.8 Å². The maximum atomic E-state index is 12.4. The van der Waals surface area contributed by atoms with E-state index in [1.54, 1.807) is 42.5 Å². The molecule has 0 saturated carbocycles. The van der Waals surface area contributed by atoms with Crippen LogP contribution in [0.5, 0.6) is 0 Å². The normalized spacial score (nSPS) is 11.8. The van der Waals surface area contributed by atoms with Crippen molar-refractivity contribution >= 4 is 39.4 Å². The number of hydrogen-bond acceptors (Lipinski definition) is 3. The quantitative estimate of drug-likeness (QED) is 0.614. The summed E-state index contributed by atoms with van der Waals surface area (Å²) in [4.78, 5) is 0.187. The summed E-state index contributed by atoms with van der Waals surface area (Å²) in [5, 5.41) is 4.77. The van der Waals surface area contributed by atoms with Crippen LogP contribution in [0.2, 0.25) is 10.0 Å². The average molecular weight is 357 g/mol. The van der Waals surface area contributed by atoms with Gasteiger partial charge in [-0.15, -0.1) is 0 Å². The molecule has 0 atom stereocenters. The van der Waals surface area contributed by atoms with Crippen LogP contribution in [-0.2, 0) is 10.0 Å². The Kier molecular flexibility index (Phi) is 5.11. The molecular formula is C15H14Cl2N2O2S. The number of halogens is 2. The van der Waals surface area contributed by atoms with E-state index in [4.69, 9.17) is 23.2 Å². The number of benzene rings is 2. The van der Waals surface area contributed by atoms with E-state index < -0.39 is 10.0 Å². The number of sulfonamides is 1. The summed E-state index contributed by atoms with van der Waals surface area (Å²) in [6.45, 7) is 1.89. The minimum Gasteiger partial charge on any atom is -0.200 e. The highest BCUT2D eigenvalue weighted by atomic mass is 35.5. The Morgan fingerprint density at radius 1 is 1.05 bits per heavy atom. The first-order chi connectivity index (χ1) is 10.3. The highest BCUT2D eigenvalue weighted by Crippen LogP contribution is 2.22. The second kappa shape index (κ2) is 6.69. The Hall–Kier alpha value is -1.56. The minimum atomic E-state index is -3.67. The third-order valence-corrected chi connectivity index (χ3v) is 5.38. The van der Waals surface area contributed by atoms with Crippen LogP contribution >= 0.6 is 23.2 Å². The summed E-state index contributed by atoms with van der Waals surface area (Å²) in [7, 11) is -2.29. The van der Waals surface area contributed by atoms with E-state index in [9.17, 15) is 8.42 Å². The molecule has 0 aliphatic rings. The van der Waals surface area contributed by atoms with Crippen molar-refractivity contribution in [3.8, 4) is 0 Å². The van der Waals surface area contributed by atoms with Crippen molar-refractivity contribution in [1.29, 1.82) is 0 Å². The molecule has 0 aromatic heterocycles. The molecule has 116 valence electrons. The molecule has 0 aliphatic heterocycles. The SMILES string of the molecule is Cc1ccc(S(=O)(=O)N(C)N=Cc2ccc(Cl)c(Cl)c2)cc1. The van der Waals surface area contributed by atoms with E-state index in [1.807, 2.05) is 6.92 Å². The first-order valence-electron chi connectivity index (χ1n) is 6.35. The third-order valence-electron chi connectivity index (χ3n) is 2.98. The van der Waals surface area contributed by atoms with Gasteiger partial charge in [-0.3, -0.25) is 0 Å². The van der Waals surface area contributed by atoms with Crippen LogP contribution in [-0.4, -0.2) is 26.1 Å². The van der Waals surface area contributed by atoms with Gasteiger partial charge in [-0.1, -0.05) is 47.0 Å². The Bertz CT molecular complexity index is 803. The fraction of sp³-hybridized carbons (Fsp3) is 0.133. The Balaban J connectivity index is 2.23. The first kappa shape index (κ1) is 16.8. The van der Waals surface area contributed by atoms with E-state index in [2.05, 4.69) is 5.10 Å². The maximum Gasteiger partial charge on any atom is 0.278 e. The number of hydrazone groups is 1. The monoisotopic (exact) mass is 356 g/mol. The van der Waals surface area contributed by atoms with Crippen molar-refractivity contribution in [3.63, 3.8) is 0 Å². The Labute approximate surface area is 140 Å². The van der Waals surface area contributed by atoms with Crippen LogP contribution in [0.4, 0.5) is 0 Å². The Morgan fingerprint density at radius 2 is 1.68 bits per heavy atom. The lowest BCUT2D eigenvalue weighted by Crippen LogP contribution is -2.21. The molecule has 7 heteroatoms. The number of aryl methyl sites for hydroxylation is 1. The van der Waals surface area contributed by atoms with Gasteiger partial charge in [-0.25, -0.2) is 0 Å². The Morgan fingerprint density at radius 3 is 2.27 bits per heavy atom. The average Bonchev–Trinajstić information content (AvgIpc) is 2.48. The molecule has 22 heavy (non-hydrogen) atoms. The van der Waals surface area contributed by atoms with Crippen molar-refractivity contribution in [1.82, 2.24) is 4.41 Å². The van der Waals surface area contributed by atoms with Crippen LogP contribution < -0.4 is 0 Å². The molecule has 0 amide bonds. The van der Waals surface area contributed by atoms with E-state index in [1.165, 1.54) is 13.3 Å². The van der Waals surface area contributed by atoms with E-state index in [0.29, 0.717) is 15.6 Å². The van der Waals surface area contributed by atoms with Crippen LogP contribution in [0.15, 0.2) is 52.5 Å². The summed E-state index contributed by atoms with van der Waals surface area (Å²) >= 11 is 11.7. The molecular weight excluding hydrogens is 343 g/mol. The smallest absolute Gasteiger partial charge is 0.200 e. The second-order valence-electron chi connectivity index (χ2n) is 4.67. The molecule has 0 fully saturated rings. The van der Waals surface area contributed by atoms with Gasteiger partial charge in [-0.05, 0) is 36.8 Å². The van der Waals surface area contributed by atoms with Gasteiger partial charge >= 0.3 is 0 Å². The molecule has 0 saturated heterocycles. The lowest BCUT2D eigenvalue weighted by atomic mass is 10.2. The molecule has 0 radical (unpaired) electrons. The zero-order valence-electron chi connectivity index (χ0n) is 12.0. The standard InChI is InChI=1S/C15H14Cl2N2O2S/c1-11-3-6-13(7-4-11)22(20,21)19(2)18-10-12-5-8-14(16)15(17)9-12/h3-10H,1-2H3. The zero-order chi connectivity index (χ0) is 16.3. The predicted octanol–water partition coefficient (Wildman–Crippen LogP) is 3.96. The molecule has 0 bridgehead atoms. The molecule has 0 N–H and O–H groups in total. The van der Waals surface area contributed by atoms with Crippen molar-refractivity contribution in [3.05, 3.63) is 63.6 Å². The molecule has 0 unspecified atom stereocenters. The van der Waals surface area contributed by atoms with Gasteiger partial charge < -0.3 is 0 Å². The molecule has 2 aromatic carbocycles. The van der Waals surface area contributed by atoms with E-state index in [-0.39, 0.29) is 4.90 Å². The molecule has 0 spiro atoms. The van der Waals surface area contributed by atoms with E-state index in [0.717, 1.165) is 9.98 Å². The zero-order valence-corrected chi connectivity index (χ0v) is 14.3. The predicted molar refractivity (Wildman–Crippen MR) is 90.2 cm³/mol. The van der Waals surface area contributed by atoms with Gasteiger partial charge in [-0.2, -0.15) is 17.9 Å². The van der Waals surface area contributed by atoms with Gasteiger partial charge in [0.2, 0.25) is 0 Å². The number of hydrogen-bond donors (Lipinski definition) is 0. The second-order valence-corrected chi connectivity index (χ2v) is 7.43. The summed E-state index contributed by atoms with van der Waals surface area (Å²) in [5.74, 6) is 0. The van der Waals surface area contributed by atoms with Crippen molar-refractivity contribution in [2.24, 2.45) is 5.10 Å².